The van der Waals surface area contributed by atoms with Crippen molar-refractivity contribution < 1.29 is 4.92 Å². The minimum Gasteiger partial charge on any atom is -0.372 e. The lowest BCUT2D eigenvalue weighted by Crippen LogP contribution is -2.29. The second-order valence-electron chi connectivity index (χ2n) is 6.00. The van der Waals surface area contributed by atoms with Crippen molar-refractivity contribution in [2.45, 2.75) is 18.4 Å². The van der Waals surface area contributed by atoms with Crippen molar-refractivity contribution in [1.82, 2.24) is 0 Å². The number of para-hydroxylation sites is 1. The minimum absolute atomic E-state index is 0.0303. The van der Waals surface area contributed by atoms with Crippen molar-refractivity contribution in [3.8, 4) is 0 Å². The van der Waals surface area contributed by atoms with Crippen LogP contribution in [0, 0.1) is 16.0 Å². The molecule has 23 heavy (non-hydrogen) atoms. The number of benzene rings is 2. The van der Waals surface area contributed by atoms with E-state index in [0.29, 0.717) is 16.6 Å². The molecular formula is C18H15ClN2O2. The normalized spacial score (nSPS) is 24.7. The van der Waals surface area contributed by atoms with Crippen molar-refractivity contribution in [3.63, 3.8) is 0 Å². The molecule has 0 radical (unpaired) electrons. The highest BCUT2D eigenvalue weighted by atomic mass is 35.5. The summed E-state index contributed by atoms with van der Waals surface area (Å²) in [6, 6.07) is 13.0. The first-order valence-corrected chi connectivity index (χ1v) is 7.99. The quantitative estimate of drug-likeness (QED) is 0.476. The van der Waals surface area contributed by atoms with Gasteiger partial charge in [-0.1, -0.05) is 54.1 Å². The summed E-state index contributed by atoms with van der Waals surface area (Å²) in [6.07, 6.45) is 5.27. The molecule has 1 heterocycles. The summed E-state index contributed by atoms with van der Waals surface area (Å²) in [5, 5.41) is 15.5. The third kappa shape index (κ3) is 2.21. The van der Waals surface area contributed by atoms with E-state index in [1.54, 1.807) is 12.1 Å². The van der Waals surface area contributed by atoms with Gasteiger partial charge in [0, 0.05) is 17.0 Å². The Balaban J connectivity index is 1.87. The van der Waals surface area contributed by atoms with Gasteiger partial charge in [-0.3, -0.25) is 10.1 Å². The molecule has 0 saturated heterocycles. The molecule has 1 aliphatic carbocycles. The third-order valence-corrected chi connectivity index (χ3v) is 5.16. The van der Waals surface area contributed by atoms with Gasteiger partial charge in [-0.15, -0.1) is 0 Å². The summed E-state index contributed by atoms with van der Waals surface area (Å²) < 4.78 is 0. The Hall–Kier alpha value is -2.33. The molecule has 0 amide bonds. The van der Waals surface area contributed by atoms with Crippen LogP contribution in [0.2, 0.25) is 5.02 Å². The van der Waals surface area contributed by atoms with Crippen molar-refractivity contribution in [2.24, 2.45) is 5.92 Å². The summed E-state index contributed by atoms with van der Waals surface area (Å²) >= 11 is 6.38. The van der Waals surface area contributed by atoms with Gasteiger partial charge in [-0.25, -0.2) is 0 Å². The maximum Gasteiger partial charge on any atom is 0.292 e. The number of hydrogen-bond donors (Lipinski definition) is 1. The lowest BCUT2D eigenvalue weighted by Gasteiger charge is -2.37. The first kappa shape index (κ1) is 14.3. The van der Waals surface area contributed by atoms with E-state index in [1.807, 2.05) is 30.3 Å². The number of halogens is 1. The molecule has 0 fully saturated rings. The van der Waals surface area contributed by atoms with Crippen molar-refractivity contribution in [3.05, 3.63) is 80.9 Å². The number of nitro benzene ring substituents is 1. The second kappa shape index (κ2) is 5.39. The van der Waals surface area contributed by atoms with Crippen LogP contribution in [0.1, 0.15) is 29.5 Å². The number of allylic oxidation sites excluding steroid dienone is 2. The standard InChI is InChI=1S/C18H15ClN2O2/c19-15-9-2-1-5-14(15)17-12-7-3-6-11(12)13-8-4-10-16(21(22)23)18(13)20-17/h1-6,8-12,17,20H,7H2/t11-,12+,17-/m0/s1. The highest BCUT2D eigenvalue weighted by Gasteiger charge is 2.40. The zero-order valence-corrected chi connectivity index (χ0v) is 13.0. The van der Waals surface area contributed by atoms with Crippen LogP contribution in [0.25, 0.3) is 0 Å². The number of fused-ring (bicyclic) bond motifs is 3. The predicted octanol–water partition coefficient (Wildman–Crippen LogP) is 5.07. The van der Waals surface area contributed by atoms with Crippen LogP contribution in [-0.2, 0) is 0 Å². The van der Waals surface area contributed by atoms with E-state index in [1.165, 1.54) is 0 Å². The molecule has 5 heteroatoms. The smallest absolute Gasteiger partial charge is 0.292 e. The predicted molar refractivity (Wildman–Crippen MR) is 90.9 cm³/mol. The summed E-state index contributed by atoms with van der Waals surface area (Å²) in [5.74, 6) is 0.511. The summed E-state index contributed by atoms with van der Waals surface area (Å²) in [6.45, 7) is 0. The van der Waals surface area contributed by atoms with Crippen LogP contribution in [0.4, 0.5) is 11.4 Å². The number of nitrogens with zero attached hydrogens (tertiary/aromatic N) is 1. The molecule has 1 aliphatic heterocycles. The van der Waals surface area contributed by atoms with E-state index in [9.17, 15) is 10.1 Å². The molecule has 3 atom stereocenters. The third-order valence-electron chi connectivity index (χ3n) is 4.81. The Morgan fingerprint density at radius 3 is 2.70 bits per heavy atom. The first-order chi connectivity index (χ1) is 11.2. The van der Waals surface area contributed by atoms with Gasteiger partial charge in [0.15, 0.2) is 0 Å². The average Bonchev–Trinajstić information content (AvgIpc) is 3.04. The van der Waals surface area contributed by atoms with Gasteiger partial charge < -0.3 is 5.32 Å². The van der Waals surface area contributed by atoms with E-state index < -0.39 is 0 Å². The lowest BCUT2D eigenvalue weighted by atomic mass is 9.77. The number of nitro groups is 1. The van der Waals surface area contributed by atoms with Crippen LogP contribution >= 0.6 is 11.6 Å². The summed E-state index contributed by atoms with van der Waals surface area (Å²) in [4.78, 5) is 11.1. The van der Waals surface area contributed by atoms with E-state index in [4.69, 9.17) is 11.6 Å². The van der Waals surface area contributed by atoms with E-state index >= 15 is 0 Å². The molecule has 0 bridgehead atoms. The number of rotatable bonds is 2. The maximum absolute atomic E-state index is 11.4. The fourth-order valence-electron chi connectivity index (χ4n) is 3.79. The van der Waals surface area contributed by atoms with Gasteiger partial charge in [-0.05, 0) is 29.5 Å². The summed E-state index contributed by atoms with van der Waals surface area (Å²) in [7, 11) is 0. The van der Waals surface area contributed by atoms with Crippen LogP contribution in [0.3, 0.4) is 0 Å². The Bertz CT molecular complexity index is 818. The van der Waals surface area contributed by atoms with Gasteiger partial charge in [0.1, 0.15) is 5.69 Å². The number of nitrogens with one attached hydrogen (secondary N) is 1. The largest absolute Gasteiger partial charge is 0.372 e. The van der Waals surface area contributed by atoms with Crippen molar-refractivity contribution in [2.75, 3.05) is 5.32 Å². The monoisotopic (exact) mass is 326 g/mol. The van der Waals surface area contributed by atoms with Gasteiger partial charge in [-0.2, -0.15) is 0 Å². The molecule has 1 N–H and O–H groups in total. The summed E-state index contributed by atoms with van der Waals surface area (Å²) in [5.41, 5.74) is 2.74. The molecule has 4 nitrogen and oxygen atoms in total. The average molecular weight is 327 g/mol. The Labute approximate surface area is 138 Å². The van der Waals surface area contributed by atoms with Gasteiger partial charge in [0.25, 0.3) is 5.69 Å². The van der Waals surface area contributed by atoms with Crippen LogP contribution in [0.5, 0.6) is 0 Å². The molecule has 0 aromatic heterocycles. The molecule has 4 rings (SSSR count). The van der Waals surface area contributed by atoms with Gasteiger partial charge in [0.2, 0.25) is 0 Å². The van der Waals surface area contributed by atoms with Crippen molar-refractivity contribution in [1.29, 1.82) is 0 Å². The zero-order valence-electron chi connectivity index (χ0n) is 12.3. The molecule has 2 aromatic rings. The fourth-order valence-corrected chi connectivity index (χ4v) is 4.05. The van der Waals surface area contributed by atoms with E-state index in [0.717, 1.165) is 17.5 Å². The van der Waals surface area contributed by atoms with Crippen molar-refractivity contribution >= 4 is 23.0 Å². The fraction of sp³-hybridized carbons (Fsp3) is 0.222. The minimum atomic E-state index is -0.325. The van der Waals surface area contributed by atoms with E-state index in [-0.39, 0.29) is 22.6 Å². The Kier molecular flexibility index (Phi) is 3.34. The highest BCUT2D eigenvalue weighted by Crippen LogP contribution is 2.52. The zero-order chi connectivity index (χ0) is 16.0. The van der Waals surface area contributed by atoms with Crippen LogP contribution in [-0.4, -0.2) is 4.92 Å². The maximum atomic E-state index is 11.4. The van der Waals surface area contributed by atoms with Gasteiger partial charge >= 0.3 is 0 Å². The van der Waals surface area contributed by atoms with Crippen LogP contribution < -0.4 is 5.32 Å². The van der Waals surface area contributed by atoms with Gasteiger partial charge in [0.05, 0.1) is 11.0 Å². The SMILES string of the molecule is O=[N+]([O-])c1cccc2c1N[C@H](c1ccccc1Cl)[C@@H]1CC=C[C@H]21. The molecule has 0 saturated carbocycles. The molecule has 0 spiro atoms. The Morgan fingerprint density at radius 1 is 1.13 bits per heavy atom. The Morgan fingerprint density at radius 2 is 1.91 bits per heavy atom. The number of anilines is 1. The lowest BCUT2D eigenvalue weighted by molar-refractivity contribution is -0.384. The first-order valence-electron chi connectivity index (χ1n) is 7.61. The molecule has 0 unspecified atom stereocenters. The molecule has 2 aliphatic rings. The number of hydrogen-bond acceptors (Lipinski definition) is 3. The van der Waals surface area contributed by atoms with E-state index in [2.05, 4.69) is 17.5 Å². The second-order valence-corrected chi connectivity index (χ2v) is 6.40. The highest BCUT2D eigenvalue weighted by molar-refractivity contribution is 6.31. The van der Waals surface area contributed by atoms with Crippen LogP contribution in [0.15, 0.2) is 54.6 Å². The molecule has 116 valence electrons. The topological polar surface area (TPSA) is 55.2 Å². The molecule has 2 aromatic carbocycles. The molecular weight excluding hydrogens is 312 g/mol.